The summed E-state index contributed by atoms with van der Waals surface area (Å²) in [6, 6.07) is 0.449. The predicted molar refractivity (Wildman–Crippen MR) is 76.7 cm³/mol. The van der Waals surface area contributed by atoms with E-state index in [0.717, 1.165) is 31.1 Å². The van der Waals surface area contributed by atoms with Crippen LogP contribution in [-0.4, -0.2) is 16.8 Å². The summed E-state index contributed by atoms with van der Waals surface area (Å²) in [5.74, 6) is 2.86. The highest BCUT2D eigenvalue weighted by molar-refractivity contribution is 9.09. The van der Waals surface area contributed by atoms with Crippen LogP contribution in [0.5, 0.6) is 0 Å². The van der Waals surface area contributed by atoms with E-state index in [9.17, 15) is 4.79 Å². The van der Waals surface area contributed by atoms with Gasteiger partial charge in [-0.15, -0.1) is 0 Å². The molecule has 3 rings (SSSR count). The van der Waals surface area contributed by atoms with Gasteiger partial charge in [0.05, 0.1) is 0 Å². The SMILES string of the molecule is O=C(CC1CC2CCC1C2)NC1CCC(Br)CC1. The fraction of sp³-hybridized carbons (Fsp3) is 0.933. The van der Waals surface area contributed by atoms with Gasteiger partial charge in [0.2, 0.25) is 5.91 Å². The molecule has 0 aromatic carbocycles. The minimum absolute atomic E-state index is 0.325. The normalized spacial score (nSPS) is 43.1. The Hall–Kier alpha value is -0.0500. The average molecular weight is 314 g/mol. The van der Waals surface area contributed by atoms with Crippen LogP contribution in [0.2, 0.25) is 0 Å². The van der Waals surface area contributed by atoms with E-state index in [1.807, 2.05) is 0 Å². The molecule has 3 heteroatoms. The second-order valence-electron chi connectivity index (χ2n) is 6.66. The lowest BCUT2D eigenvalue weighted by Gasteiger charge is -2.27. The maximum absolute atomic E-state index is 12.1. The molecule has 2 nitrogen and oxygen atoms in total. The molecule has 0 heterocycles. The van der Waals surface area contributed by atoms with E-state index in [-0.39, 0.29) is 0 Å². The van der Waals surface area contributed by atoms with Gasteiger partial charge in [-0.05, 0) is 62.7 Å². The smallest absolute Gasteiger partial charge is 0.220 e. The number of carbonyl (C=O) groups excluding carboxylic acids is 1. The summed E-state index contributed by atoms with van der Waals surface area (Å²) in [5, 5.41) is 3.27. The van der Waals surface area contributed by atoms with Gasteiger partial charge in [-0.2, -0.15) is 0 Å². The molecule has 0 radical (unpaired) electrons. The lowest BCUT2D eigenvalue weighted by Crippen LogP contribution is -2.38. The first-order chi connectivity index (χ1) is 8.70. The molecule has 3 aliphatic rings. The monoisotopic (exact) mass is 313 g/mol. The zero-order chi connectivity index (χ0) is 12.5. The Morgan fingerprint density at radius 1 is 1.06 bits per heavy atom. The highest BCUT2D eigenvalue weighted by atomic mass is 79.9. The maximum atomic E-state index is 12.1. The molecule has 0 aromatic heterocycles. The van der Waals surface area contributed by atoms with Crippen molar-refractivity contribution < 1.29 is 4.79 Å². The van der Waals surface area contributed by atoms with Gasteiger partial charge in [-0.1, -0.05) is 22.4 Å². The Morgan fingerprint density at radius 3 is 2.44 bits per heavy atom. The van der Waals surface area contributed by atoms with Crippen LogP contribution in [-0.2, 0) is 4.79 Å². The summed E-state index contributed by atoms with van der Waals surface area (Å²) in [4.78, 5) is 12.8. The zero-order valence-corrected chi connectivity index (χ0v) is 12.6. The third-order valence-electron chi connectivity index (χ3n) is 5.35. The number of amides is 1. The molecule has 18 heavy (non-hydrogen) atoms. The molecule has 3 aliphatic carbocycles. The van der Waals surface area contributed by atoms with Crippen molar-refractivity contribution in [2.45, 2.75) is 68.7 Å². The van der Waals surface area contributed by atoms with E-state index in [4.69, 9.17) is 0 Å². The van der Waals surface area contributed by atoms with Crippen molar-refractivity contribution in [3.8, 4) is 0 Å². The lowest BCUT2D eigenvalue weighted by atomic mass is 9.86. The van der Waals surface area contributed by atoms with Gasteiger partial charge in [-0.25, -0.2) is 0 Å². The van der Waals surface area contributed by atoms with E-state index < -0.39 is 0 Å². The fourth-order valence-electron chi connectivity index (χ4n) is 4.35. The number of hydrogen-bond acceptors (Lipinski definition) is 1. The number of fused-ring (bicyclic) bond motifs is 2. The molecule has 1 N–H and O–H groups in total. The molecule has 0 aromatic rings. The number of hydrogen-bond donors (Lipinski definition) is 1. The van der Waals surface area contributed by atoms with Crippen LogP contribution in [0.25, 0.3) is 0 Å². The van der Waals surface area contributed by atoms with Crippen molar-refractivity contribution in [1.82, 2.24) is 5.32 Å². The van der Waals surface area contributed by atoms with Crippen molar-refractivity contribution in [2.24, 2.45) is 17.8 Å². The number of halogens is 1. The van der Waals surface area contributed by atoms with E-state index in [2.05, 4.69) is 21.2 Å². The van der Waals surface area contributed by atoms with Crippen molar-refractivity contribution in [3.63, 3.8) is 0 Å². The number of carbonyl (C=O) groups is 1. The lowest BCUT2D eigenvalue weighted by molar-refractivity contribution is -0.123. The van der Waals surface area contributed by atoms with Crippen molar-refractivity contribution in [3.05, 3.63) is 0 Å². The second-order valence-corrected chi connectivity index (χ2v) is 7.95. The van der Waals surface area contributed by atoms with Crippen LogP contribution in [0.4, 0.5) is 0 Å². The summed E-state index contributed by atoms with van der Waals surface area (Å²) >= 11 is 3.66. The first-order valence-electron chi connectivity index (χ1n) is 7.64. The van der Waals surface area contributed by atoms with Crippen molar-refractivity contribution in [2.75, 3.05) is 0 Å². The van der Waals surface area contributed by atoms with E-state index in [1.54, 1.807) is 0 Å². The topological polar surface area (TPSA) is 29.1 Å². The molecule has 3 unspecified atom stereocenters. The molecule has 2 bridgehead atoms. The van der Waals surface area contributed by atoms with Gasteiger partial charge < -0.3 is 5.32 Å². The summed E-state index contributed by atoms with van der Waals surface area (Å²) in [6.45, 7) is 0. The first kappa shape index (κ1) is 13.0. The van der Waals surface area contributed by atoms with Crippen molar-refractivity contribution >= 4 is 21.8 Å². The van der Waals surface area contributed by atoms with Gasteiger partial charge in [0.1, 0.15) is 0 Å². The van der Waals surface area contributed by atoms with Crippen LogP contribution in [0.3, 0.4) is 0 Å². The number of rotatable bonds is 3. The van der Waals surface area contributed by atoms with Gasteiger partial charge in [0.15, 0.2) is 0 Å². The van der Waals surface area contributed by atoms with Gasteiger partial charge >= 0.3 is 0 Å². The Kier molecular flexibility index (Phi) is 3.97. The van der Waals surface area contributed by atoms with E-state index in [0.29, 0.717) is 22.7 Å². The molecule has 0 aliphatic heterocycles. The third-order valence-corrected chi connectivity index (χ3v) is 6.27. The minimum atomic E-state index is 0.325. The quantitative estimate of drug-likeness (QED) is 0.792. The number of nitrogens with one attached hydrogen (secondary N) is 1. The Balaban J connectivity index is 1.42. The standard InChI is InChI=1S/C15H24BrNO/c16-13-3-5-14(6-4-13)17-15(18)9-12-8-10-1-2-11(12)7-10/h10-14H,1-9H2,(H,17,18). The van der Waals surface area contributed by atoms with Gasteiger partial charge in [0.25, 0.3) is 0 Å². The molecule has 3 atom stereocenters. The summed E-state index contributed by atoms with van der Waals surface area (Å²) in [7, 11) is 0. The first-order valence-corrected chi connectivity index (χ1v) is 8.55. The van der Waals surface area contributed by atoms with Crippen LogP contribution in [0.15, 0.2) is 0 Å². The zero-order valence-electron chi connectivity index (χ0n) is 11.0. The average Bonchev–Trinajstić information content (AvgIpc) is 2.94. The molecule has 102 valence electrons. The summed E-state index contributed by atoms with van der Waals surface area (Å²) in [6.07, 6.45) is 11.1. The molecule has 3 saturated carbocycles. The molecular weight excluding hydrogens is 290 g/mol. The third kappa shape index (κ3) is 2.92. The predicted octanol–water partition coefficient (Wildman–Crippen LogP) is 3.64. The highest BCUT2D eigenvalue weighted by Crippen LogP contribution is 2.49. The van der Waals surface area contributed by atoms with Crippen LogP contribution in [0, 0.1) is 17.8 Å². The molecule has 1 amide bonds. The molecular formula is C15H24BrNO. The second kappa shape index (κ2) is 5.52. The fourth-order valence-corrected chi connectivity index (χ4v) is 4.88. The molecule has 0 spiro atoms. The van der Waals surface area contributed by atoms with E-state index >= 15 is 0 Å². The van der Waals surface area contributed by atoms with Gasteiger partial charge in [0, 0.05) is 17.3 Å². The molecule has 0 saturated heterocycles. The summed E-state index contributed by atoms with van der Waals surface area (Å²) < 4.78 is 0. The summed E-state index contributed by atoms with van der Waals surface area (Å²) in [5.41, 5.74) is 0. The van der Waals surface area contributed by atoms with Crippen LogP contribution >= 0.6 is 15.9 Å². The largest absolute Gasteiger partial charge is 0.353 e. The minimum Gasteiger partial charge on any atom is -0.353 e. The van der Waals surface area contributed by atoms with Crippen molar-refractivity contribution in [1.29, 1.82) is 0 Å². The number of alkyl halides is 1. The van der Waals surface area contributed by atoms with E-state index in [1.165, 1.54) is 38.5 Å². The maximum Gasteiger partial charge on any atom is 0.220 e. The molecule has 3 fully saturated rings. The Labute approximate surface area is 118 Å². The van der Waals surface area contributed by atoms with Crippen LogP contribution < -0.4 is 5.32 Å². The Morgan fingerprint density at radius 2 is 1.83 bits per heavy atom. The van der Waals surface area contributed by atoms with Gasteiger partial charge in [-0.3, -0.25) is 4.79 Å². The highest BCUT2D eigenvalue weighted by Gasteiger charge is 2.40. The Bertz CT molecular complexity index is 312. The van der Waals surface area contributed by atoms with Crippen LogP contribution in [0.1, 0.15) is 57.8 Å².